The minimum atomic E-state index is -3.63. The van der Waals surface area contributed by atoms with Gasteiger partial charge in [0.2, 0.25) is 21.7 Å². The van der Waals surface area contributed by atoms with Crippen LogP contribution in [0.15, 0.2) is 93.4 Å². The SMILES string of the molecule is CCN(CC)S(=O)(=O)c1cccc(-c2nnc(SCc3nc(-c4cccc(Cl)c4)no3)n2Cc2ccccc2)c1. The number of thioether (sulfide) groups is 1. The maximum atomic E-state index is 13.2. The quantitative estimate of drug-likeness (QED) is 0.171. The Balaban J connectivity index is 1.45. The van der Waals surface area contributed by atoms with Crippen molar-refractivity contribution in [2.75, 3.05) is 13.1 Å². The predicted octanol–water partition coefficient (Wildman–Crippen LogP) is 6.02. The third kappa shape index (κ3) is 6.12. The Hall–Kier alpha value is -3.51. The van der Waals surface area contributed by atoms with E-state index in [1.165, 1.54) is 16.1 Å². The first-order valence-corrected chi connectivity index (χ1v) is 15.5. The summed E-state index contributed by atoms with van der Waals surface area (Å²) in [6.45, 7) is 4.93. The Morgan fingerprint density at radius 3 is 2.42 bits per heavy atom. The molecule has 2 heterocycles. The van der Waals surface area contributed by atoms with Crippen molar-refractivity contribution in [2.24, 2.45) is 0 Å². The molecule has 0 bridgehead atoms. The van der Waals surface area contributed by atoms with Crippen molar-refractivity contribution < 1.29 is 12.9 Å². The third-order valence-electron chi connectivity index (χ3n) is 6.21. The van der Waals surface area contributed by atoms with Crippen molar-refractivity contribution in [1.82, 2.24) is 29.2 Å². The summed E-state index contributed by atoms with van der Waals surface area (Å²) in [5, 5.41) is 14.2. The molecule has 0 radical (unpaired) electrons. The molecule has 3 aromatic carbocycles. The van der Waals surface area contributed by atoms with E-state index in [9.17, 15) is 8.42 Å². The van der Waals surface area contributed by atoms with Crippen LogP contribution in [0.25, 0.3) is 22.8 Å². The summed E-state index contributed by atoms with van der Waals surface area (Å²) in [7, 11) is -3.63. The normalized spacial score (nSPS) is 11.8. The van der Waals surface area contributed by atoms with Crippen LogP contribution in [0.2, 0.25) is 5.02 Å². The smallest absolute Gasteiger partial charge is 0.243 e. The Bertz CT molecular complexity index is 1700. The van der Waals surface area contributed by atoms with Crippen LogP contribution in [0.1, 0.15) is 25.3 Å². The molecule has 0 spiro atoms. The fourth-order valence-electron chi connectivity index (χ4n) is 4.21. The van der Waals surface area contributed by atoms with Crippen LogP contribution in [0.4, 0.5) is 0 Å². The summed E-state index contributed by atoms with van der Waals surface area (Å²) in [5.41, 5.74) is 2.48. The van der Waals surface area contributed by atoms with Crippen LogP contribution >= 0.6 is 23.4 Å². The molecular formula is C28H27ClN6O3S2. The molecule has 0 aliphatic carbocycles. The summed E-state index contributed by atoms with van der Waals surface area (Å²) >= 11 is 7.51. The minimum absolute atomic E-state index is 0.219. The van der Waals surface area contributed by atoms with Crippen LogP contribution in [0.5, 0.6) is 0 Å². The number of halogens is 1. The highest BCUT2D eigenvalue weighted by Crippen LogP contribution is 2.30. The molecule has 0 saturated carbocycles. The average molecular weight is 595 g/mol. The molecule has 0 amide bonds. The molecule has 5 rings (SSSR count). The average Bonchev–Trinajstić information content (AvgIpc) is 3.60. The van der Waals surface area contributed by atoms with Gasteiger partial charge in [0.15, 0.2) is 11.0 Å². The molecule has 0 aliphatic heterocycles. The zero-order valence-electron chi connectivity index (χ0n) is 21.9. The second-order valence-corrected chi connectivity index (χ2v) is 12.1. The van der Waals surface area contributed by atoms with Gasteiger partial charge in [0, 0.05) is 29.2 Å². The number of benzene rings is 3. The van der Waals surface area contributed by atoms with Crippen molar-refractivity contribution in [1.29, 1.82) is 0 Å². The Morgan fingerprint density at radius 2 is 1.68 bits per heavy atom. The molecule has 0 N–H and O–H groups in total. The van der Waals surface area contributed by atoms with E-state index in [1.54, 1.807) is 30.3 Å². The van der Waals surface area contributed by atoms with E-state index < -0.39 is 10.0 Å². The first kappa shape index (κ1) is 28.0. The standard InChI is InChI=1S/C28H27ClN6O3S2/c1-3-34(4-2)40(36,37)24-15-9-13-22(17-24)27-31-32-28(35(27)18-20-10-6-5-7-11-20)39-19-25-30-26(33-38-25)21-12-8-14-23(29)16-21/h5-17H,3-4,18-19H2,1-2H3. The molecule has 9 nitrogen and oxygen atoms in total. The van der Waals surface area contributed by atoms with Gasteiger partial charge in [-0.1, -0.05) is 97.0 Å². The maximum absolute atomic E-state index is 13.2. The van der Waals surface area contributed by atoms with Crippen LogP contribution < -0.4 is 0 Å². The summed E-state index contributed by atoms with van der Waals surface area (Å²) < 4.78 is 35.3. The van der Waals surface area contributed by atoms with Gasteiger partial charge in [-0.15, -0.1) is 10.2 Å². The van der Waals surface area contributed by atoms with Crippen molar-refractivity contribution in [3.63, 3.8) is 0 Å². The van der Waals surface area contributed by atoms with Gasteiger partial charge in [-0.25, -0.2) is 8.42 Å². The van der Waals surface area contributed by atoms with Crippen molar-refractivity contribution >= 4 is 33.4 Å². The van der Waals surface area contributed by atoms with Gasteiger partial charge in [-0.2, -0.15) is 9.29 Å². The lowest BCUT2D eigenvalue weighted by atomic mass is 10.2. The Kier molecular flexibility index (Phi) is 8.65. The topological polar surface area (TPSA) is 107 Å². The zero-order chi connectivity index (χ0) is 28.1. The van der Waals surface area contributed by atoms with Crippen LogP contribution in [0.3, 0.4) is 0 Å². The number of hydrogen-bond acceptors (Lipinski definition) is 8. The lowest BCUT2D eigenvalue weighted by molar-refractivity contribution is 0.391. The van der Waals surface area contributed by atoms with Gasteiger partial charge in [-0.3, -0.25) is 4.57 Å². The minimum Gasteiger partial charge on any atom is -0.338 e. The van der Waals surface area contributed by atoms with E-state index in [2.05, 4.69) is 20.3 Å². The van der Waals surface area contributed by atoms with E-state index in [-0.39, 0.29) is 4.90 Å². The van der Waals surface area contributed by atoms with Crippen LogP contribution in [0, 0.1) is 0 Å². The Labute approximate surface area is 242 Å². The first-order valence-electron chi connectivity index (χ1n) is 12.7. The molecular weight excluding hydrogens is 568 g/mol. The van der Waals surface area contributed by atoms with Crippen molar-refractivity contribution in [3.8, 4) is 22.8 Å². The number of hydrogen-bond donors (Lipinski definition) is 0. The fourth-order valence-corrected chi connectivity index (χ4v) is 6.68. The highest BCUT2D eigenvalue weighted by atomic mass is 35.5. The van der Waals surface area contributed by atoms with Gasteiger partial charge >= 0.3 is 0 Å². The highest BCUT2D eigenvalue weighted by molar-refractivity contribution is 7.98. The third-order valence-corrected chi connectivity index (χ3v) is 9.44. The van der Waals surface area contributed by atoms with Gasteiger partial charge in [0.1, 0.15) is 0 Å². The van der Waals surface area contributed by atoms with E-state index in [0.717, 1.165) is 11.1 Å². The van der Waals surface area contributed by atoms with Gasteiger partial charge in [-0.05, 0) is 29.8 Å². The molecule has 206 valence electrons. The van der Waals surface area contributed by atoms with Crippen molar-refractivity contribution in [3.05, 3.63) is 95.3 Å². The molecule has 5 aromatic rings. The highest BCUT2D eigenvalue weighted by Gasteiger charge is 2.23. The summed E-state index contributed by atoms with van der Waals surface area (Å²) in [6.07, 6.45) is 0. The summed E-state index contributed by atoms with van der Waals surface area (Å²) in [4.78, 5) is 4.72. The summed E-state index contributed by atoms with van der Waals surface area (Å²) in [5.74, 6) is 1.82. The zero-order valence-corrected chi connectivity index (χ0v) is 24.3. The second-order valence-electron chi connectivity index (χ2n) is 8.81. The van der Waals surface area contributed by atoms with E-state index in [0.29, 0.717) is 58.7 Å². The number of nitrogens with zero attached hydrogens (tertiary/aromatic N) is 6. The molecule has 0 atom stereocenters. The monoisotopic (exact) mass is 594 g/mol. The predicted molar refractivity (Wildman–Crippen MR) is 155 cm³/mol. The van der Waals surface area contributed by atoms with Gasteiger partial charge in [0.05, 0.1) is 17.2 Å². The number of sulfonamides is 1. The van der Waals surface area contributed by atoms with Crippen LogP contribution in [-0.2, 0) is 22.3 Å². The molecule has 0 fully saturated rings. The fraction of sp³-hybridized carbons (Fsp3) is 0.214. The molecule has 0 unspecified atom stereocenters. The molecule has 40 heavy (non-hydrogen) atoms. The molecule has 12 heteroatoms. The largest absolute Gasteiger partial charge is 0.338 e. The van der Waals surface area contributed by atoms with E-state index in [1.807, 2.05) is 66.9 Å². The van der Waals surface area contributed by atoms with Gasteiger partial charge < -0.3 is 4.52 Å². The summed E-state index contributed by atoms with van der Waals surface area (Å²) in [6, 6.07) is 24.0. The van der Waals surface area contributed by atoms with Crippen molar-refractivity contribution in [2.45, 2.75) is 36.2 Å². The molecule has 0 aliphatic rings. The van der Waals surface area contributed by atoms with Crippen LogP contribution in [-0.4, -0.2) is 50.7 Å². The van der Waals surface area contributed by atoms with Gasteiger partial charge in [0.25, 0.3) is 0 Å². The second kappa shape index (κ2) is 12.3. The van der Waals surface area contributed by atoms with E-state index >= 15 is 0 Å². The molecule has 2 aromatic heterocycles. The van der Waals surface area contributed by atoms with E-state index in [4.69, 9.17) is 16.1 Å². The number of aromatic nitrogens is 5. The number of rotatable bonds is 11. The lowest BCUT2D eigenvalue weighted by Crippen LogP contribution is -2.30. The lowest BCUT2D eigenvalue weighted by Gasteiger charge is -2.19. The maximum Gasteiger partial charge on any atom is 0.243 e. The Morgan fingerprint density at radius 1 is 0.925 bits per heavy atom. The first-order chi connectivity index (χ1) is 19.4. The molecule has 0 saturated heterocycles.